The average molecular weight is 549 g/mol. The molecule has 3 rings (SSSR count). The Kier molecular flexibility index (Phi) is 8.98. The summed E-state index contributed by atoms with van der Waals surface area (Å²) < 4.78 is 35.9. The maximum absolute atomic E-state index is 13.7. The molecule has 2 aromatic carbocycles. The maximum atomic E-state index is 13.7. The highest BCUT2D eigenvalue weighted by Crippen LogP contribution is 2.29. The normalized spacial score (nSPS) is 13.6. The van der Waals surface area contributed by atoms with Crippen LogP contribution in [0.2, 0.25) is 0 Å². The number of ether oxygens (including phenoxy) is 1. The van der Waals surface area contributed by atoms with Gasteiger partial charge in [-0.05, 0) is 39.5 Å². The fourth-order valence-corrected chi connectivity index (χ4v) is 6.33. The summed E-state index contributed by atoms with van der Waals surface area (Å²) in [7, 11) is -2.75. The van der Waals surface area contributed by atoms with E-state index in [1.807, 2.05) is 44.2 Å². The lowest BCUT2D eigenvalue weighted by Gasteiger charge is -2.32. The molecule has 0 fully saturated rings. The smallest absolute Gasteiger partial charge is 0.324 e. The fraction of sp³-hybridized carbons (Fsp3) is 0.375. The lowest BCUT2D eigenvalue weighted by molar-refractivity contribution is -0.147. The molecule has 1 aromatic heterocycles. The molecule has 0 saturated heterocycles. The van der Waals surface area contributed by atoms with Gasteiger partial charge < -0.3 is 4.74 Å². The number of methoxy groups -OCH3 is 1. The van der Waals surface area contributed by atoms with Crippen molar-refractivity contribution in [3.8, 4) is 0 Å². The lowest BCUT2D eigenvalue weighted by Crippen LogP contribution is -2.50. The van der Waals surface area contributed by atoms with Crippen LogP contribution in [0.25, 0.3) is 0 Å². The summed E-state index contributed by atoms with van der Waals surface area (Å²) in [6.07, 6.45) is 2.70. The Morgan fingerprint density at radius 1 is 1.15 bits per heavy atom. The zero-order chi connectivity index (χ0) is 24.7. The molecule has 1 heterocycles. The van der Waals surface area contributed by atoms with Crippen LogP contribution in [-0.4, -0.2) is 53.4 Å². The molecule has 182 valence electrons. The predicted molar refractivity (Wildman–Crippen MR) is 133 cm³/mol. The van der Waals surface area contributed by atoms with E-state index in [4.69, 9.17) is 4.74 Å². The largest absolute Gasteiger partial charge is 0.468 e. The van der Waals surface area contributed by atoms with Gasteiger partial charge in [-0.2, -0.15) is 4.31 Å². The summed E-state index contributed by atoms with van der Waals surface area (Å²) in [5.74, 6) is -0.837. The monoisotopic (exact) mass is 548 g/mol. The van der Waals surface area contributed by atoms with Gasteiger partial charge in [-0.25, -0.2) is 13.1 Å². The number of sulfonamides is 1. The van der Waals surface area contributed by atoms with E-state index in [0.717, 1.165) is 5.56 Å². The number of carbonyl (C=O) groups is 1. The second-order valence-corrected chi connectivity index (χ2v) is 10.8. The molecule has 1 unspecified atom stereocenters. The molecule has 2 atom stereocenters. The van der Waals surface area contributed by atoms with E-state index in [9.17, 15) is 13.2 Å². The highest BCUT2D eigenvalue weighted by Gasteiger charge is 2.40. The second kappa shape index (κ2) is 11.7. The van der Waals surface area contributed by atoms with Gasteiger partial charge in [0.15, 0.2) is 0 Å². The molecular formula is C24H29BrN4O4S. The summed E-state index contributed by atoms with van der Waals surface area (Å²) in [6.45, 7) is 4.38. The van der Waals surface area contributed by atoms with E-state index in [1.54, 1.807) is 29.1 Å². The first kappa shape index (κ1) is 26.1. The quantitative estimate of drug-likeness (QED) is 0.337. The van der Waals surface area contributed by atoms with Gasteiger partial charge in [-0.15, -0.1) is 5.10 Å². The lowest BCUT2D eigenvalue weighted by atomic mass is 9.99. The molecule has 34 heavy (non-hydrogen) atoms. The van der Waals surface area contributed by atoms with E-state index in [1.165, 1.54) is 17.5 Å². The SMILES string of the molecule is CCC(C)[C@@H](C(=O)OC)N(CCc1cn(Cc2ccccc2)nn1)S(=O)(=O)c1ccccc1Br. The number of hydrogen-bond donors (Lipinski definition) is 0. The first-order valence-electron chi connectivity index (χ1n) is 11.0. The topological polar surface area (TPSA) is 94.4 Å². The standard InChI is InChI=1S/C24H29BrN4O4S/c1-4-18(2)23(24(30)33-3)29(34(31,32)22-13-9-8-12-21(22)25)15-14-20-17-28(27-26-20)16-19-10-6-5-7-11-19/h5-13,17-18,23H,4,14-16H2,1-3H3/t18?,23-/m0/s1. The molecule has 0 bridgehead atoms. The Morgan fingerprint density at radius 3 is 2.47 bits per heavy atom. The minimum atomic E-state index is -4.02. The number of carbonyl (C=O) groups excluding carboxylic acids is 1. The van der Waals surface area contributed by atoms with Crippen LogP contribution in [0.5, 0.6) is 0 Å². The van der Waals surface area contributed by atoms with Crippen LogP contribution in [0.15, 0.2) is 70.2 Å². The van der Waals surface area contributed by atoms with Gasteiger partial charge in [0, 0.05) is 23.6 Å². The molecule has 8 nitrogen and oxygen atoms in total. The van der Waals surface area contributed by atoms with E-state index < -0.39 is 22.0 Å². The van der Waals surface area contributed by atoms with Crippen molar-refractivity contribution in [3.63, 3.8) is 0 Å². The van der Waals surface area contributed by atoms with Gasteiger partial charge in [0.25, 0.3) is 0 Å². The zero-order valence-corrected chi connectivity index (χ0v) is 21.9. The van der Waals surface area contributed by atoms with Gasteiger partial charge >= 0.3 is 5.97 Å². The van der Waals surface area contributed by atoms with Crippen molar-refractivity contribution >= 4 is 31.9 Å². The van der Waals surface area contributed by atoms with Crippen LogP contribution < -0.4 is 0 Å². The first-order chi connectivity index (χ1) is 16.3. The fourth-order valence-electron chi connectivity index (χ4n) is 3.69. The van der Waals surface area contributed by atoms with Crippen LogP contribution in [0.3, 0.4) is 0 Å². The van der Waals surface area contributed by atoms with Crippen molar-refractivity contribution < 1.29 is 17.9 Å². The van der Waals surface area contributed by atoms with Crippen molar-refractivity contribution in [2.75, 3.05) is 13.7 Å². The van der Waals surface area contributed by atoms with E-state index in [0.29, 0.717) is 29.6 Å². The highest BCUT2D eigenvalue weighted by atomic mass is 79.9. The number of esters is 1. The van der Waals surface area contributed by atoms with Gasteiger partial charge in [0.05, 0.1) is 24.2 Å². The summed E-state index contributed by atoms with van der Waals surface area (Å²) in [5.41, 5.74) is 1.72. The van der Waals surface area contributed by atoms with Crippen LogP contribution in [-0.2, 0) is 32.5 Å². The molecular weight excluding hydrogens is 520 g/mol. The third kappa shape index (κ3) is 6.11. The van der Waals surface area contributed by atoms with Crippen LogP contribution >= 0.6 is 15.9 Å². The highest BCUT2D eigenvalue weighted by molar-refractivity contribution is 9.10. The Morgan fingerprint density at radius 2 is 1.82 bits per heavy atom. The molecule has 0 aliphatic rings. The number of halogens is 1. The zero-order valence-electron chi connectivity index (χ0n) is 19.5. The Labute approximate surface area is 209 Å². The molecule has 0 saturated carbocycles. The van der Waals surface area contributed by atoms with Crippen LogP contribution in [0.1, 0.15) is 31.5 Å². The van der Waals surface area contributed by atoms with Gasteiger partial charge in [-0.1, -0.05) is 67.9 Å². The van der Waals surface area contributed by atoms with E-state index in [2.05, 4.69) is 26.2 Å². The molecule has 0 aliphatic heterocycles. The summed E-state index contributed by atoms with van der Waals surface area (Å²) in [5, 5.41) is 8.38. The average Bonchev–Trinajstić information content (AvgIpc) is 3.28. The summed E-state index contributed by atoms with van der Waals surface area (Å²) in [6, 6.07) is 15.5. The van der Waals surface area contributed by atoms with Gasteiger partial charge in [0.2, 0.25) is 10.0 Å². The molecule has 10 heteroatoms. The minimum Gasteiger partial charge on any atom is -0.468 e. The molecule has 0 N–H and O–H groups in total. The van der Waals surface area contributed by atoms with E-state index in [-0.39, 0.29) is 17.4 Å². The molecule has 0 spiro atoms. The van der Waals surface area contributed by atoms with Crippen LogP contribution in [0, 0.1) is 5.92 Å². The summed E-state index contributed by atoms with van der Waals surface area (Å²) >= 11 is 3.34. The predicted octanol–water partition coefficient (Wildman–Crippen LogP) is 3.91. The number of nitrogens with zero attached hydrogens (tertiary/aromatic N) is 4. The Bertz CT molecular complexity index is 1200. The number of benzene rings is 2. The van der Waals surface area contributed by atoms with Crippen LogP contribution in [0.4, 0.5) is 0 Å². The van der Waals surface area contributed by atoms with Crippen molar-refractivity contribution in [1.82, 2.24) is 19.3 Å². The number of rotatable bonds is 11. The Balaban J connectivity index is 1.90. The number of hydrogen-bond acceptors (Lipinski definition) is 6. The maximum Gasteiger partial charge on any atom is 0.324 e. The third-order valence-corrected chi connectivity index (χ3v) is 8.61. The van der Waals surface area contributed by atoms with Crippen molar-refractivity contribution in [2.24, 2.45) is 5.92 Å². The molecule has 0 aliphatic carbocycles. The second-order valence-electron chi connectivity index (χ2n) is 8.04. The summed E-state index contributed by atoms with van der Waals surface area (Å²) in [4.78, 5) is 12.9. The van der Waals surface area contributed by atoms with E-state index >= 15 is 0 Å². The molecule has 0 amide bonds. The first-order valence-corrected chi connectivity index (χ1v) is 13.3. The Hall–Kier alpha value is -2.56. The van der Waals surface area contributed by atoms with Crippen molar-refractivity contribution in [1.29, 1.82) is 0 Å². The minimum absolute atomic E-state index is 0.0534. The van der Waals surface area contributed by atoms with Gasteiger partial charge in [0.1, 0.15) is 6.04 Å². The molecule has 0 radical (unpaired) electrons. The van der Waals surface area contributed by atoms with Crippen molar-refractivity contribution in [2.45, 2.75) is 44.2 Å². The van der Waals surface area contributed by atoms with Gasteiger partial charge in [-0.3, -0.25) is 4.79 Å². The molecule has 3 aromatic rings. The third-order valence-electron chi connectivity index (χ3n) is 5.72. The number of aromatic nitrogens is 3. The van der Waals surface area contributed by atoms with Crippen molar-refractivity contribution in [3.05, 3.63) is 76.5 Å².